The van der Waals surface area contributed by atoms with E-state index >= 15 is 0 Å². The Bertz CT molecular complexity index is 192. The van der Waals surface area contributed by atoms with Crippen molar-refractivity contribution in [3.8, 4) is 0 Å². The smallest absolute Gasteiger partial charge is 0.144 e. The number of piperidine rings is 2. The first-order valence-electron chi connectivity index (χ1n) is 5.87. The lowest BCUT2D eigenvalue weighted by molar-refractivity contribution is -0.945. The van der Waals surface area contributed by atoms with Gasteiger partial charge >= 0.3 is 0 Å². The van der Waals surface area contributed by atoms with Gasteiger partial charge in [0.25, 0.3) is 0 Å². The van der Waals surface area contributed by atoms with Gasteiger partial charge in [0.15, 0.2) is 0 Å². The standard InChI is InChI=1S/C11H21BrNO/c12-11-8-10(9-14)4-7-13(11)5-2-1-3-6-13/h10-11,14H,1-9H2/q+1. The van der Waals surface area contributed by atoms with Crippen LogP contribution in [0.25, 0.3) is 0 Å². The largest absolute Gasteiger partial charge is 0.396 e. The minimum absolute atomic E-state index is 0.377. The Hall–Kier alpha value is 0.400. The van der Waals surface area contributed by atoms with Gasteiger partial charge in [-0.15, -0.1) is 0 Å². The van der Waals surface area contributed by atoms with Crippen molar-refractivity contribution in [1.29, 1.82) is 0 Å². The van der Waals surface area contributed by atoms with Gasteiger partial charge in [0.05, 0.1) is 19.6 Å². The van der Waals surface area contributed by atoms with Gasteiger partial charge < -0.3 is 9.59 Å². The first-order chi connectivity index (χ1) is 6.77. The normalized spacial score (nSPS) is 37.3. The fourth-order valence-electron chi connectivity index (χ4n) is 3.01. The summed E-state index contributed by atoms with van der Waals surface area (Å²) in [5, 5.41) is 9.17. The highest BCUT2D eigenvalue weighted by Gasteiger charge is 2.41. The van der Waals surface area contributed by atoms with Crippen LogP contribution in [0.1, 0.15) is 32.1 Å². The number of rotatable bonds is 1. The molecule has 0 aromatic heterocycles. The molecule has 2 atom stereocenters. The summed E-state index contributed by atoms with van der Waals surface area (Å²) in [6, 6.07) is 0. The molecule has 2 nitrogen and oxygen atoms in total. The van der Waals surface area contributed by atoms with E-state index in [2.05, 4.69) is 15.9 Å². The zero-order valence-electron chi connectivity index (χ0n) is 8.79. The number of quaternary nitrogens is 1. The van der Waals surface area contributed by atoms with E-state index in [1.54, 1.807) is 0 Å². The molecule has 2 unspecified atom stereocenters. The maximum atomic E-state index is 9.17. The number of aliphatic hydroxyl groups is 1. The summed E-state index contributed by atoms with van der Waals surface area (Å²) in [6.45, 7) is 4.37. The molecule has 0 aromatic carbocycles. The van der Waals surface area contributed by atoms with Crippen molar-refractivity contribution >= 4 is 15.9 Å². The number of nitrogens with zero attached hydrogens (tertiary/aromatic N) is 1. The summed E-state index contributed by atoms with van der Waals surface area (Å²) in [5.41, 5.74) is 0. The number of aliphatic hydroxyl groups excluding tert-OH is 1. The summed E-state index contributed by atoms with van der Waals surface area (Å²) >= 11 is 3.85. The van der Waals surface area contributed by atoms with Crippen molar-refractivity contribution in [1.82, 2.24) is 0 Å². The second-order valence-corrected chi connectivity index (χ2v) is 6.01. The molecule has 0 bridgehead atoms. The molecule has 3 heteroatoms. The molecule has 2 saturated heterocycles. The lowest BCUT2D eigenvalue weighted by Gasteiger charge is -2.49. The van der Waals surface area contributed by atoms with Crippen LogP contribution in [0.3, 0.4) is 0 Å². The van der Waals surface area contributed by atoms with Gasteiger partial charge in [-0.2, -0.15) is 0 Å². The predicted molar refractivity (Wildman–Crippen MR) is 61.2 cm³/mol. The highest BCUT2D eigenvalue weighted by molar-refractivity contribution is 9.09. The molecule has 2 aliphatic heterocycles. The third-order valence-electron chi connectivity index (χ3n) is 4.07. The van der Waals surface area contributed by atoms with Crippen LogP contribution in [0, 0.1) is 5.92 Å². The van der Waals surface area contributed by atoms with Crippen molar-refractivity contribution in [3.05, 3.63) is 0 Å². The average Bonchev–Trinajstić information content (AvgIpc) is 2.24. The van der Waals surface area contributed by atoms with Crippen LogP contribution in [0.4, 0.5) is 0 Å². The molecule has 0 radical (unpaired) electrons. The van der Waals surface area contributed by atoms with E-state index in [4.69, 9.17) is 5.11 Å². The first-order valence-corrected chi connectivity index (χ1v) is 6.79. The molecule has 1 N–H and O–H groups in total. The van der Waals surface area contributed by atoms with Crippen molar-refractivity contribution in [2.24, 2.45) is 5.92 Å². The third-order valence-corrected chi connectivity index (χ3v) is 5.31. The van der Waals surface area contributed by atoms with Crippen LogP contribution in [0.15, 0.2) is 0 Å². The molecule has 2 heterocycles. The van der Waals surface area contributed by atoms with Gasteiger partial charge in [0.2, 0.25) is 0 Å². The molecule has 0 aromatic rings. The van der Waals surface area contributed by atoms with Crippen LogP contribution in [-0.4, -0.2) is 40.8 Å². The van der Waals surface area contributed by atoms with Crippen LogP contribution < -0.4 is 0 Å². The van der Waals surface area contributed by atoms with E-state index in [0.29, 0.717) is 17.5 Å². The summed E-state index contributed by atoms with van der Waals surface area (Å²) in [6.07, 6.45) is 6.59. The summed E-state index contributed by atoms with van der Waals surface area (Å²) in [5.74, 6) is 0.546. The minimum atomic E-state index is 0.377. The monoisotopic (exact) mass is 262 g/mol. The van der Waals surface area contributed by atoms with Crippen LogP contribution in [0.2, 0.25) is 0 Å². The number of hydrogen-bond acceptors (Lipinski definition) is 1. The maximum Gasteiger partial charge on any atom is 0.144 e. The molecule has 0 amide bonds. The van der Waals surface area contributed by atoms with Crippen LogP contribution in [0.5, 0.6) is 0 Å². The lowest BCUT2D eigenvalue weighted by atomic mass is 9.93. The summed E-state index contributed by atoms with van der Waals surface area (Å²) in [4.78, 5) is 0.605. The van der Waals surface area contributed by atoms with Crippen molar-refractivity contribution < 1.29 is 9.59 Å². The van der Waals surface area contributed by atoms with Gasteiger partial charge in [-0.25, -0.2) is 0 Å². The van der Waals surface area contributed by atoms with Gasteiger partial charge in [0.1, 0.15) is 4.95 Å². The topological polar surface area (TPSA) is 20.2 Å². The Labute approximate surface area is 95.0 Å². The van der Waals surface area contributed by atoms with Crippen molar-refractivity contribution in [3.63, 3.8) is 0 Å². The van der Waals surface area contributed by atoms with E-state index in [9.17, 15) is 0 Å². The highest BCUT2D eigenvalue weighted by Crippen LogP contribution is 2.36. The third kappa shape index (κ3) is 2.00. The molecule has 2 aliphatic rings. The zero-order chi connectivity index (χ0) is 10.0. The second-order valence-electron chi connectivity index (χ2n) is 4.96. The Morgan fingerprint density at radius 1 is 1.14 bits per heavy atom. The van der Waals surface area contributed by atoms with Gasteiger partial charge in [-0.3, -0.25) is 0 Å². The minimum Gasteiger partial charge on any atom is -0.396 e. The number of alkyl halides is 1. The molecular formula is C11H21BrNO+. The maximum absolute atomic E-state index is 9.17. The second kappa shape index (κ2) is 4.50. The van der Waals surface area contributed by atoms with E-state index in [1.165, 1.54) is 49.8 Å². The number of hydrogen-bond donors (Lipinski definition) is 1. The SMILES string of the molecule is OCC1CC[N+]2(CCCCC2)C(Br)C1. The van der Waals surface area contributed by atoms with Gasteiger partial charge in [0, 0.05) is 19.4 Å². The fraction of sp³-hybridized carbons (Fsp3) is 1.00. The quantitative estimate of drug-likeness (QED) is 0.436. The Balaban J connectivity index is 1.99. The molecule has 1 spiro atoms. The van der Waals surface area contributed by atoms with Gasteiger partial charge in [-0.05, 0) is 41.1 Å². The highest BCUT2D eigenvalue weighted by atomic mass is 79.9. The van der Waals surface area contributed by atoms with Crippen molar-refractivity contribution in [2.75, 3.05) is 26.2 Å². The fourth-order valence-corrected chi connectivity index (χ4v) is 4.15. The van der Waals surface area contributed by atoms with E-state index in [0.717, 1.165) is 6.42 Å². The Morgan fingerprint density at radius 2 is 1.86 bits per heavy atom. The lowest BCUT2D eigenvalue weighted by Crippen LogP contribution is -2.59. The van der Waals surface area contributed by atoms with Crippen LogP contribution >= 0.6 is 15.9 Å². The van der Waals surface area contributed by atoms with E-state index in [1.807, 2.05) is 0 Å². The Morgan fingerprint density at radius 3 is 2.43 bits per heavy atom. The molecule has 14 heavy (non-hydrogen) atoms. The molecule has 2 fully saturated rings. The van der Waals surface area contributed by atoms with Crippen LogP contribution in [-0.2, 0) is 0 Å². The Kier molecular flexibility index (Phi) is 3.50. The first kappa shape index (κ1) is 10.9. The molecule has 0 saturated carbocycles. The number of halogens is 1. The summed E-state index contributed by atoms with van der Waals surface area (Å²) in [7, 11) is 0. The van der Waals surface area contributed by atoms with Crippen molar-refractivity contribution in [2.45, 2.75) is 37.1 Å². The summed E-state index contributed by atoms with van der Waals surface area (Å²) < 4.78 is 1.29. The molecular weight excluding hydrogens is 242 g/mol. The zero-order valence-corrected chi connectivity index (χ0v) is 10.4. The predicted octanol–water partition coefficient (Wildman–Crippen LogP) is 2.11. The van der Waals surface area contributed by atoms with E-state index in [-0.39, 0.29) is 0 Å². The van der Waals surface area contributed by atoms with E-state index < -0.39 is 0 Å². The molecule has 0 aliphatic carbocycles. The average molecular weight is 263 g/mol. The van der Waals surface area contributed by atoms with Gasteiger partial charge in [-0.1, -0.05) is 0 Å². The molecule has 2 rings (SSSR count). The molecule has 82 valence electrons.